The van der Waals surface area contributed by atoms with E-state index in [2.05, 4.69) is 19.2 Å². The van der Waals surface area contributed by atoms with E-state index < -0.39 is 31.7 Å². The Morgan fingerprint density at radius 2 is 1.54 bits per heavy atom. The average Bonchev–Trinajstić information content (AvgIpc) is 3.49. The first kappa shape index (κ1) is 40.5. The number of aryl methyl sites for hydroxylation is 1. The van der Waals surface area contributed by atoms with Crippen LogP contribution in [0.25, 0.3) is 16.3 Å². The van der Waals surface area contributed by atoms with E-state index in [1.54, 1.807) is 12.1 Å². The molecule has 0 bridgehead atoms. The predicted molar refractivity (Wildman–Crippen MR) is 192 cm³/mol. The number of anilines is 1. The van der Waals surface area contributed by atoms with Crippen LogP contribution in [0.15, 0.2) is 58.0 Å². The van der Waals surface area contributed by atoms with E-state index in [4.69, 9.17) is 23.2 Å². The number of thiazole rings is 1. The standard InChI is InChI=1S/C25H26Cl2N2O6S4.C4H11N.C2H6/c1-2-17(13-24-28(9-3-11-38(30,31)32)20-15-18(26)5-7-22(20)36-24)14-25-29(10-4-12-39(33,34)35)21-16-19(27)6-8-23(21)37-25;1-3-5-4-2;1-2/h5-8,13-16H,2-4,9-12H2,1H3,(H-,30,31,32,33,34,35);5H,3-4H2,1-2H3;1-2H3/p-1. The van der Waals surface area contributed by atoms with Gasteiger partial charge in [-0.25, -0.2) is 16.8 Å². The van der Waals surface area contributed by atoms with Crippen molar-refractivity contribution in [3.05, 3.63) is 68.1 Å². The molecule has 2 heterocycles. The predicted octanol–water partition coefficient (Wildman–Crippen LogP) is 7.26. The van der Waals surface area contributed by atoms with Gasteiger partial charge < -0.3 is 19.3 Å². The van der Waals surface area contributed by atoms with Crippen LogP contribution in [0.2, 0.25) is 10.0 Å². The van der Waals surface area contributed by atoms with Crippen LogP contribution in [0.5, 0.6) is 0 Å². The third-order valence-corrected chi connectivity index (χ3v) is 10.7. The smallest absolute Gasteiger partial charge is 0.263 e. The molecule has 0 amide bonds. The number of nitrogens with one attached hydrogen (secondary N) is 1. The molecule has 256 valence electrons. The molecule has 1 N–H and O–H groups in total. The van der Waals surface area contributed by atoms with Crippen molar-refractivity contribution in [3.8, 4) is 0 Å². The molecule has 1 aliphatic rings. The number of aromatic nitrogens is 1. The number of fused-ring (bicyclic) bond motifs is 2. The third kappa shape index (κ3) is 13.1. The number of hydrogen-bond donors (Lipinski definition) is 1. The Kier molecular flexibility index (Phi) is 17.0. The van der Waals surface area contributed by atoms with Gasteiger partial charge in [-0.15, -0.1) is 0 Å². The van der Waals surface area contributed by atoms with Crippen LogP contribution in [-0.4, -0.2) is 57.1 Å². The second kappa shape index (κ2) is 19.4. The van der Waals surface area contributed by atoms with E-state index in [1.165, 1.54) is 23.1 Å². The Morgan fingerprint density at radius 1 is 0.935 bits per heavy atom. The lowest BCUT2D eigenvalue weighted by atomic mass is 10.2. The van der Waals surface area contributed by atoms with E-state index in [1.807, 2.05) is 66.7 Å². The lowest BCUT2D eigenvalue weighted by molar-refractivity contribution is -0.668. The molecule has 9 nitrogen and oxygen atoms in total. The molecule has 0 atom stereocenters. The zero-order valence-corrected chi connectivity index (χ0v) is 31.5. The Hall–Kier alpha value is -1.68. The number of allylic oxidation sites excluding steroid dienone is 2. The minimum Gasteiger partial charge on any atom is -0.748 e. The largest absolute Gasteiger partial charge is 0.748 e. The van der Waals surface area contributed by atoms with Crippen molar-refractivity contribution in [1.82, 2.24) is 5.32 Å². The summed E-state index contributed by atoms with van der Waals surface area (Å²) < 4.78 is 70.1. The summed E-state index contributed by atoms with van der Waals surface area (Å²) in [6, 6.07) is 11.0. The molecular weight excluding hydrogens is 710 g/mol. The zero-order valence-electron chi connectivity index (χ0n) is 26.7. The van der Waals surface area contributed by atoms with Crippen LogP contribution < -0.4 is 14.8 Å². The molecule has 1 aromatic heterocycles. The summed E-state index contributed by atoms with van der Waals surface area (Å²) in [5, 5.41) is 5.95. The van der Waals surface area contributed by atoms with Gasteiger partial charge in [0.15, 0.2) is 6.54 Å². The maximum absolute atomic E-state index is 11.2. The van der Waals surface area contributed by atoms with Gasteiger partial charge in [0, 0.05) is 51.6 Å². The molecular formula is C31H42Cl2N3O6S4-. The maximum atomic E-state index is 11.2. The van der Waals surface area contributed by atoms with E-state index in [0.717, 1.165) is 49.5 Å². The van der Waals surface area contributed by atoms with Crippen molar-refractivity contribution in [3.63, 3.8) is 0 Å². The van der Waals surface area contributed by atoms with Crippen LogP contribution in [0, 0.1) is 0 Å². The highest BCUT2D eigenvalue weighted by Gasteiger charge is 2.26. The highest BCUT2D eigenvalue weighted by molar-refractivity contribution is 8.03. The first-order valence-corrected chi connectivity index (χ1v) is 20.7. The highest BCUT2D eigenvalue weighted by Crippen LogP contribution is 2.47. The van der Waals surface area contributed by atoms with Gasteiger partial charge in [0.1, 0.15) is 4.70 Å². The lowest BCUT2D eigenvalue weighted by Crippen LogP contribution is -2.36. The number of halogens is 2. The summed E-state index contributed by atoms with van der Waals surface area (Å²) in [5.74, 6) is -0.922. The molecule has 3 aromatic rings. The molecule has 0 radical (unpaired) electrons. The number of hydrogen-bond acceptors (Lipinski definition) is 10. The summed E-state index contributed by atoms with van der Waals surface area (Å²) in [7, 11) is -8.67. The third-order valence-electron chi connectivity index (χ3n) is 6.46. The molecule has 0 aliphatic carbocycles. The van der Waals surface area contributed by atoms with Crippen molar-refractivity contribution in [2.24, 2.45) is 0 Å². The first-order valence-electron chi connectivity index (χ1n) is 15.1. The fraction of sp³-hybridized carbons (Fsp3) is 0.452. The molecule has 0 saturated carbocycles. The zero-order chi connectivity index (χ0) is 34.5. The lowest BCUT2D eigenvalue weighted by Gasteiger charge is -2.21. The van der Waals surface area contributed by atoms with Gasteiger partial charge in [-0.3, -0.25) is 0 Å². The minimum absolute atomic E-state index is 0.167. The number of rotatable bonds is 13. The fourth-order valence-corrected chi connectivity index (χ4v) is 8.02. The quantitative estimate of drug-likeness (QED) is 0.142. The monoisotopic (exact) mass is 750 g/mol. The molecule has 0 saturated heterocycles. The van der Waals surface area contributed by atoms with Gasteiger partial charge in [-0.2, -0.15) is 4.57 Å². The summed E-state index contributed by atoms with van der Waals surface area (Å²) in [5.41, 5.74) is 2.67. The van der Waals surface area contributed by atoms with Crippen LogP contribution in [0.4, 0.5) is 5.69 Å². The average molecular weight is 752 g/mol. The van der Waals surface area contributed by atoms with Crippen LogP contribution in [0.1, 0.15) is 58.9 Å². The van der Waals surface area contributed by atoms with Gasteiger partial charge >= 0.3 is 0 Å². The van der Waals surface area contributed by atoms with Crippen molar-refractivity contribution in [2.75, 3.05) is 36.0 Å². The number of thioether (sulfide) groups is 1. The Balaban J connectivity index is 0.000000959. The van der Waals surface area contributed by atoms with Crippen molar-refractivity contribution >= 4 is 88.5 Å². The van der Waals surface area contributed by atoms with Crippen LogP contribution in [-0.2, 0) is 26.8 Å². The van der Waals surface area contributed by atoms with E-state index >= 15 is 0 Å². The molecule has 0 fully saturated rings. The fourth-order valence-electron chi connectivity index (χ4n) is 4.44. The summed E-state index contributed by atoms with van der Waals surface area (Å²) in [6.45, 7) is 13.1. The first-order chi connectivity index (χ1) is 21.7. The molecule has 0 spiro atoms. The second-order valence-corrected chi connectivity index (χ2v) is 15.9. The molecule has 0 unspecified atom stereocenters. The van der Waals surface area contributed by atoms with E-state index in [9.17, 15) is 25.9 Å². The SMILES string of the molecule is CC.CCC(=Cc1sc2ccc(Cl)cc2[n+]1CCCS(=O)(=O)[O-])C=C1Sc2ccc(Cl)cc2N1CCCS(=O)(=O)[O-].CCNCC. The molecule has 1 aliphatic heterocycles. The summed E-state index contributed by atoms with van der Waals surface area (Å²) in [6.07, 6.45) is 5.05. The molecule has 46 heavy (non-hydrogen) atoms. The van der Waals surface area contributed by atoms with Gasteiger partial charge in [-0.1, -0.05) is 80.9 Å². The van der Waals surface area contributed by atoms with Gasteiger partial charge in [-0.05, 0) is 67.9 Å². The number of benzene rings is 2. The molecule has 2 aromatic carbocycles. The Labute approximate surface area is 292 Å². The van der Waals surface area contributed by atoms with Crippen molar-refractivity contribution < 1.29 is 30.5 Å². The van der Waals surface area contributed by atoms with Gasteiger partial charge in [0.25, 0.3) is 5.01 Å². The summed E-state index contributed by atoms with van der Waals surface area (Å²) in [4.78, 5) is 2.94. The Bertz CT molecular complexity index is 1720. The number of nitrogens with zero attached hydrogens (tertiary/aromatic N) is 2. The van der Waals surface area contributed by atoms with Gasteiger partial charge in [0.2, 0.25) is 5.52 Å². The second-order valence-electron chi connectivity index (χ2n) is 9.81. The van der Waals surface area contributed by atoms with E-state index in [-0.39, 0.29) is 12.8 Å². The maximum Gasteiger partial charge on any atom is 0.263 e. The molecule has 4 rings (SSSR count). The van der Waals surface area contributed by atoms with Gasteiger partial charge in [0.05, 0.1) is 31.0 Å². The topological polar surface area (TPSA) is 134 Å². The normalized spacial score (nSPS) is 14.2. The Morgan fingerprint density at radius 3 is 2.13 bits per heavy atom. The van der Waals surface area contributed by atoms with Crippen molar-refractivity contribution in [2.45, 2.75) is 65.3 Å². The van der Waals surface area contributed by atoms with Crippen LogP contribution in [0.3, 0.4) is 0 Å². The summed E-state index contributed by atoms with van der Waals surface area (Å²) >= 11 is 15.5. The minimum atomic E-state index is -4.33. The van der Waals surface area contributed by atoms with Crippen LogP contribution >= 0.6 is 46.3 Å². The van der Waals surface area contributed by atoms with Crippen molar-refractivity contribution in [1.29, 1.82) is 0 Å². The van der Waals surface area contributed by atoms with E-state index in [0.29, 0.717) is 29.6 Å². The highest BCUT2D eigenvalue weighted by atomic mass is 35.5. The molecule has 15 heteroatoms.